The summed E-state index contributed by atoms with van der Waals surface area (Å²) in [5, 5.41) is 6.82. The van der Waals surface area contributed by atoms with E-state index in [-0.39, 0.29) is 0 Å². The Balaban J connectivity index is 1.18. The average molecular weight is 744 g/mol. The quantitative estimate of drug-likeness (QED) is 0.176. The highest BCUT2D eigenvalue weighted by Gasteiger charge is 2.28. The summed E-state index contributed by atoms with van der Waals surface area (Å²) >= 11 is 0. The number of nitrogens with zero attached hydrogens (tertiary/aromatic N) is 5. The van der Waals surface area contributed by atoms with E-state index >= 15 is 0 Å². The van der Waals surface area contributed by atoms with Crippen LogP contribution in [-0.4, -0.2) is 24.1 Å². The van der Waals surface area contributed by atoms with E-state index in [0.29, 0.717) is 17.5 Å². The summed E-state index contributed by atoms with van der Waals surface area (Å²) in [6.07, 6.45) is 0. The van der Waals surface area contributed by atoms with Crippen LogP contribution < -0.4 is 0 Å². The third-order valence-electron chi connectivity index (χ3n) is 11.5. The molecule has 8 aromatic carbocycles. The molecule has 0 unspecified atom stereocenters. The summed E-state index contributed by atoms with van der Waals surface area (Å²) in [5.74, 6) is 1.92. The maximum atomic E-state index is 6.96. The Morgan fingerprint density at radius 2 is 0.897 bits per heavy atom. The highest BCUT2D eigenvalue weighted by atomic mass is 16.3. The van der Waals surface area contributed by atoms with Crippen LogP contribution in [0.25, 0.3) is 111 Å². The van der Waals surface area contributed by atoms with Crippen molar-refractivity contribution < 1.29 is 4.42 Å². The first-order valence-corrected chi connectivity index (χ1v) is 19.5. The van der Waals surface area contributed by atoms with Gasteiger partial charge in [0.1, 0.15) is 11.2 Å². The number of rotatable bonds is 5. The van der Waals surface area contributed by atoms with Crippen LogP contribution in [0.3, 0.4) is 0 Å². The van der Waals surface area contributed by atoms with E-state index in [2.05, 4.69) is 137 Å². The summed E-state index contributed by atoms with van der Waals surface area (Å²) in [5.41, 5.74) is 12.3. The van der Waals surface area contributed by atoms with E-state index in [0.717, 1.165) is 88.4 Å². The van der Waals surface area contributed by atoms with Gasteiger partial charge in [0, 0.05) is 49.6 Å². The fourth-order valence-corrected chi connectivity index (χ4v) is 8.96. The predicted octanol–water partition coefficient (Wildman–Crippen LogP) is 13.3. The lowest BCUT2D eigenvalue weighted by Gasteiger charge is -2.14. The summed E-state index contributed by atoms with van der Waals surface area (Å²) in [6, 6.07) is 63.4. The molecule has 6 nitrogen and oxygen atoms in total. The number of hydrogen-bond acceptors (Lipinski definition) is 4. The van der Waals surface area contributed by atoms with E-state index in [1.165, 1.54) is 10.8 Å². The Bertz CT molecular complexity index is 3510. The fourth-order valence-electron chi connectivity index (χ4n) is 8.96. The van der Waals surface area contributed by atoms with E-state index in [4.69, 9.17) is 19.4 Å². The fraction of sp³-hybridized carbons (Fsp3) is 0.0192. The minimum Gasteiger partial charge on any atom is -0.455 e. The summed E-state index contributed by atoms with van der Waals surface area (Å²) in [4.78, 5) is 15.1. The molecule has 272 valence electrons. The van der Waals surface area contributed by atoms with Gasteiger partial charge in [0.05, 0.1) is 32.8 Å². The molecule has 0 aliphatic carbocycles. The smallest absolute Gasteiger partial charge is 0.164 e. The minimum atomic E-state index is 0.635. The number of fused-ring (bicyclic) bond motifs is 12. The molecule has 0 radical (unpaired) electrons. The van der Waals surface area contributed by atoms with Gasteiger partial charge in [-0.05, 0) is 61.0 Å². The first-order chi connectivity index (χ1) is 28.7. The molecule has 6 heteroatoms. The second-order valence-corrected chi connectivity index (χ2v) is 14.8. The topological polar surface area (TPSA) is 61.7 Å². The number of aryl methyl sites for hydroxylation is 1. The molecule has 0 aliphatic heterocycles. The molecule has 0 bridgehead atoms. The molecule has 12 rings (SSSR count). The van der Waals surface area contributed by atoms with Crippen molar-refractivity contribution >= 4 is 65.6 Å². The van der Waals surface area contributed by atoms with Crippen molar-refractivity contribution in [1.82, 2.24) is 24.1 Å². The second kappa shape index (κ2) is 12.6. The Morgan fingerprint density at radius 1 is 0.414 bits per heavy atom. The van der Waals surface area contributed by atoms with E-state index in [1.54, 1.807) is 0 Å². The van der Waals surface area contributed by atoms with Crippen molar-refractivity contribution in [3.05, 3.63) is 188 Å². The van der Waals surface area contributed by atoms with Crippen LogP contribution in [-0.2, 0) is 0 Å². The van der Waals surface area contributed by atoms with Gasteiger partial charge in [0.25, 0.3) is 0 Å². The Hall–Kier alpha value is -7.83. The normalized spacial score (nSPS) is 11.9. The van der Waals surface area contributed by atoms with Gasteiger partial charge < -0.3 is 13.6 Å². The van der Waals surface area contributed by atoms with Crippen LogP contribution >= 0.6 is 0 Å². The number of benzene rings is 8. The summed E-state index contributed by atoms with van der Waals surface area (Å²) in [7, 11) is 0. The van der Waals surface area contributed by atoms with Crippen molar-refractivity contribution in [1.29, 1.82) is 0 Å². The minimum absolute atomic E-state index is 0.635. The van der Waals surface area contributed by atoms with Crippen LogP contribution in [0, 0.1) is 6.92 Å². The Kier molecular flexibility index (Phi) is 7.04. The predicted molar refractivity (Wildman–Crippen MR) is 237 cm³/mol. The van der Waals surface area contributed by atoms with Gasteiger partial charge in [0.15, 0.2) is 17.5 Å². The van der Waals surface area contributed by atoms with Gasteiger partial charge in [-0.25, -0.2) is 15.0 Å². The van der Waals surface area contributed by atoms with Gasteiger partial charge in [-0.2, -0.15) is 0 Å². The zero-order valence-corrected chi connectivity index (χ0v) is 31.5. The Morgan fingerprint density at radius 3 is 1.52 bits per heavy atom. The van der Waals surface area contributed by atoms with Crippen molar-refractivity contribution in [2.75, 3.05) is 0 Å². The highest BCUT2D eigenvalue weighted by Crippen LogP contribution is 2.49. The summed E-state index contributed by atoms with van der Waals surface area (Å²) < 4.78 is 11.8. The van der Waals surface area contributed by atoms with Crippen molar-refractivity contribution in [3.63, 3.8) is 0 Å². The van der Waals surface area contributed by atoms with Crippen LogP contribution in [0.5, 0.6) is 0 Å². The first kappa shape index (κ1) is 32.4. The van der Waals surface area contributed by atoms with E-state index in [1.807, 2.05) is 60.7 Å². The highest BCUT2D eigenvalue weighted by molar-refractivity contribution is 6.39. The molecule has 0 saturated heterocycles. The number of furan rings is 1. The van der Waals surface area contributed by atoms with Gasteiger partial charge >= 0.3 is 0 Å². The Labute approximate surface area is 332 Å². The van der Waals surface area contributed by atoms with Gasteiger partial charge in [0.2, 0.25) is 0 Å². The van der Waals surface area contributed by atoms with Gasteiger partial charge in [-0.3, -0.25) is 0 Å². The van der Waals surface area contributed by atoms with Crippen LogP contribution in [0.1, 0.15) is 5.56 Å². The lowest BCUT2D eigenvalue weighted by atomic mass is 10.0. The second-order valence-electron chi connectivity index (χ2n) is 14.8. The number of hydrogen-bond donors (Lipinski definition) is 0. The lowest BCUT2D eigenvalue weighted by Crippen LogP contribution is -2.02. The van der Waals surface area contributed by atoms with Gasteiger partial charge in [-0.15, -0.1) is 0 Å². The number of para-hydroxylation sites is 4. The van der Waals surface area contributed by atoms with Crippen molar-refractivity contribution in [2.45, 2.75) is 6.92 Å². The lowest BCUT2D eigenvalue weighted by molar-refractivity contribution is 0.673. The molecule has 0 N–H and O–H groups in total. The van der Waals surface area contributed by atoms with Gasteiger partial charge in [-0.1, -0.05) is 133 Å². The van der Waals surface area contributed by atoms with Crippen molar-refractivity contribution in [2.24, 2.45) is 0 Å². The SMILES string of the molecule is Cc1cc(-n2c3ccccc3c3c4c(c5ccccc5n4-c4ccccc4)c4oc5ccccc5c4c32)ccc1-c1nc(-c2ccccc2)nc(-c2ccccc2)n1. The molecule has 0 saturated carbocycles. The van der Waals surface area contributed by atoms with E-state index < -0.39 is 0 Å². The molecule has 0 amide bonds. The molecule has 0 spiro atoms. The molecular weight excluding hydrogens is 711 g/mol. The third-order valence-corrected chi connectivity index (χ3v) is 11.5. The molecule has 0 aliphatic rings. The molecule has 4 aromatic heterocycles. The molecular formula is C52H33N5O. The third kappa shape index (κ3) is 4.75. The zero-order valence-electron chi connectivity index (χ0n) is 31.5. The van der Waals surface area contributed by atoms with Crippen molar-refractivity contribution in [3.8, 4) is 45.5 Å². The molecule has 12 aromatic rings. The monoisotopic (exact) mass is 743 g/mol. The van der Waals surface area contributed by atoms with E-state index in [9.17, 15) is 0 Å². The maximum absolute atomic E-state index is 6.96. The first-order valence-electron chi connectivity index (χ1n) is 19.5. The summed E-state index contributed by atoms with van der Waals surface area (Å²) in [6.45, 7) is 2.15. The largest absolute Gasteiger partial charge is 0.455 e. The molecule has 0 atom stereocenters. The number of aromatic nitrogens is 5. The van der Waals surface area contributed by atoms with Crippen LogP contribution in [0.15, 0.2) is 186 Å². The molecule has 58 heavy (non-hydrogen) atoms. The average Bonchev–Trinajstić information content (AvgIpc) is 3.95. The van der Waals surface area contributed by atoms with Crippen LogP contribution in [0.4, 0.5) is 0 Å². The molecule has 0 fully saturated rings. The standard InChI is InChI=1S/C52H33N5O/c1-32-31-36(29-30-37(32)52-54-50(33-17-5-2-6-18-33)53-51(55-52)34-19-7-3-8-20-34)57-41-26-14-11-23-38(41)44-47-45(49-46(48(44)57)40-25-13-16-28-43(40)58-49)39-24-12-15-27-42(39)56(47)35-21-9-4-10-22-35/h2-31H,1H3. The van der Waals surface area contributed by atoms with Crippen LogP contribution in [0.2, 0.25) is 0 Å². The maximum Gasteiger partial charge on any atom is 0.164 e. The molecule has 4 heterocycles. The zero-order chi connectivity index (χ0) is 38.3.